The van der Waals surface area contributed by atoms with Crippen molar-refractivity contribution in [2.24, 2.45) is 0 Å². The first-order chi connectivity index (χ1) is 11.1. The Morgan fingerprint density at radius 1 is 1.52 bits per heavy atom. The smallest absolute Gasteiger partial charge is 0.224 e. The van der Waals surface area contributed by atoms with Gasteiger partial charge in [-0.1, -0.05) is 17.7 Å². The van der Waals surface area contributed by atoms with Gasteiger partial charge in [-0.05, 0) is 17.7 Å². The Labute approximate surface area is 144 Å². The molecule has 2 aliphatic heterocycles. The van der Waals surface area contributed by atoms with Crippen LogP contribution in [0.2, 0.25) is 5.02 Å². The summed E-state index contributed by atoms with van der Waals surface area (Å²) in [5.74, 6) is 1.79. The van der Waals surface area contributed by atoms with Crippen LogP contribution in [0.5, 0.6) is 0 Å². The summed E-state index contributed by atoms with van der Waals surface area (Å²) in [5, 5.41) is 3.47. The van der Waals surface area contributed by atoms with Gasteiger partial charge in [0.05, 0.1) is 18.2 Å². The summed E-state index contributed by atoms with van der Waals surface area (Å²) in [7, 11) is 0. The predicted octanol–water partition coefficient (Wildman–Crippen LogP) is 2.47. The molecule has 2 unspecified atom stereocenters. The summed E-state index contributed by atoms with van der Waals surface area (Å²) in [6, 6.07) is 4.83. The highest BCUT2D eigenvalue weighted by molar-refractivity contribution is 7.99. The Hall–Kier alpha value is -0.820. The minimum Gasteiger partial charge on any atom is -0.370 e. The second-order valence-corrected chi connectivity index (χ2v) is 7.36. The third-order valence-corrected chi connectivity index (χ3v) is 5.57. The van der Waals surface area contributed by atoms with E-state index in [0.29, 0.717) is 26.1 Å². The number of morpholine rings is 1. The fraction of sp³-hybridized carbons (Fsp3) is 0.562. The monoisotopic (exact) mass is 358 g/mol. The van der Waals surface area contributed by atoms with Gasteiger partial charge in [0.2, 0.25) is 5.91 Å². The first-order valence-corrected chi connectivity index (χ1v) is 9.32. The standard InChI is InChI=1S/C16H20ClFN2O2S/c17-13-7-11(1-2-14(13)18)15-9-20(4-5-22-15)16(21)8-12-10-23-6-3-19-12/h1-2,7,12,15,19H,3-6,8-10H2. The molecule has 0 aromatic heterocycles. The fourth-order valence-electron chi connectivity index (χ4n) is 2.88. The predicted molar refractivity (Wildman–Crippen MR) is 90.4 cm³/mol. The van der Waals surface area contributed by atoms with E-state index in [-0.39, 0.29) is 23.1 Å². The lowest BCUT2D eigenvalue weighted by molar-refractivity contribution is -0.139. The molecule has 1 aromatic carbocycles. The minimum absolute atomic E-state index is 0.0815. The summed E-state index contributed by atoms with van der Waals surface area (Å²) in [4.78, 5) is 14.3. The Morgan fingerprint density at radius 2 is 2.39 bits per heavy atom. The molecular weight excluding hydrogens is 339 g/mol. The molecule has 23 heavy (non-hydrogen) atoms. The lowest BCUT2D eigenvalue weighted by Crippen LogP contribution is -2.46. The summed E-state index contributed by atoms with van der Waals surface area (Å²) in [5.41, 5.74) is 0.806. The maximum atomic E-state index is 13.3. The van der Waals surface area contributed by atoms with Gasteiger partial charge in [0.15, 0.2) is 0 Å². The molecule has 0 radical (unpaired) electrons. The highest BCUT2D eigenvalue weighted by Gasteiger charge is 2.27. The number of thioether (sulfide) groups is 1. The number of carbonyl (C=O) groups excluding carboxylic acids is 1. The lowest BCUT2D eigenvalue weighted by Gasteiger charge is -2.34. The van der Waals surface area contributed by atoms with Crippen LogP contribution in [0.3, 0.4) is 0 Å². The Bertz CT molecular complexity index is 569. The molecular formula is C16H20ClFN2O2S. The van der Waals surface area contributed by atoms with E-state index in [9.17, 15) is 9.18 Å². The second kappa shape index (κ2) is 7.83. The van der Waals surface area contributed by atoms with E-state index < -0.39 is 5.82 Å². The van der Waals surface area contributed by atoms with Crippen molar-refractivity contribution in [1.82, 2.24) is 10.2 Å². The zero-order valence-electron chi connectivity index (χ0n) is 12.8. The van der Waals surface area contributed by atoms with Crippen molar-refractivity contribution in [3.63, 3.8) is 0 Å². The lowest BCUT2D eigenvalue weighted by atomic mass is 10.1. The van der Waals surface area contributed by atoms with E-state index in [0.717, 1.165) is 23.6 Å². The van der Waals surface area contributed by atoms with Gasteiger partial charge in [-0.3, -0.25) is 4.79 Å². The van der Waals surface area contributed by atoms with Crippen molar-refractivity contribution in [2.75, 3.05) is 37.7 Å². The third-order valence-electron chi connectivity index (χ3n) is 4.15. The van der Waals surface area contributed by atoms with Gasteiger partial charge in [0.1, 0.15) is 11.9 Å². The number of benzene rings is 1. The number of hydrogen-bond donors (Lipinski definition) is 1. The van der Waals surface area contributed by atoms with Gasteiger partial charge < -0.3 is 15.0 Å². The highest BCUT2D eigenvalue weighted by Crippen LogP contribution is 2.26. The first kappa shape index (κ1) is 17.0. The van der Waals surface area contributed by atoms with E-state index in [2.05, 4.69) is 5.32 Å². The van der Waals surface area contributed by atoms with Crippen LogP contribution < -0.4 is 5.32 Å². The molecule has 1 N–H and O–H groups in total. The summed E-state index contributed by atoms with van der Waals surface area (Å²) in [6.45, 7) is 2.53. The van der Waals surface area contributed by atoms with E-state index in [4.69, 9.17) is 16.3 Å². The number of ether oxygens (including phenoxy) is 1. The number of nitrogens with zero attached hydrogens (tertiary/aromatic N) is 1. The van der Waals surface area contributed by atoms with Crippen molar-refractivity contribution >= 4 is 29.3 Å². The molecule has 0 saturated carbocycles. The van der Waals surface area contributed by atoms with Gasteiger partial charge in [0.25, 0.3) is 0 Å². The highest BCUT2D eigenvalue weighted by atomic mass is 35.5. The van der Waals surface area contributed by atoms with Gasteiger partial charge in [-0.2, -0.15) is 11.8 Å². The van der Waals surface area contributed by atoms with Crippen LogP contribution in [0.15, 0.2) is 18.2 Å². The summed E-state index contributed by atoms with van der Waals surface area (Å²) in [6.07, 6.45) is 0.267. The molecule has 2 saturated heterocycles. The van der Waals surface area contributed by atoms with Crippen molar-refractivity contribution in [2.45, 2.75) is 18.6 Å². The Morgan fingerprint density at radius 3 is 3.13 bits per heavy atom. The van der Waals surface area contributed by atoms with Crippen LogP contribution in [0.1, 0.15) is 18.1 Å². The normalized spacial score (nSPS) is 25.4. The average molecular weight is 359 g/mol. The minimum atomic E-state index is -0.444. The molecule has 126 valence electrons. The zero-order chi connectivity index (χ0) is 16.2. The molecule has 2 heterocycles. The van der Waals surface area contributed by atoms with Gasteiger partial charge in [0, 0.05) is 37.1 Å². The van der Waals surface area contributed by atoms with E-state index in [1.165, 1.54) is 6.07 Å². The SMILES string of the molecule is O=C(CC1CSCCN1)N1CCOC(c2ccc(F)c(Cl)c2)C1. The van der Waals surface area contributed by atoms with Crippen LogP contribution >= 0.6 is 23.4 Å². The maximum absolute atomic E-state index is 13.3. The largest absolute Gasteiger partial charge is 0.370 e. The average Bonchev–Trinajstić information content (AvgIpc) is 2.58. The number of hydrogen-bond acceptors (Lipinski definition) is 4. The van der Waals surface area contributed by atoms with Crippen LogP contribution in [0.25, 0.3) is 0 Å². The van der Waals surface area contributed by atoms with Gasteiger partial charge in [-0.15, -0.1) is 0 Å². The molecule has 1 aromatic rings. The summed E-state index contributed by atoms with van der Waals surface area (Å²) < 4.78 is 19.0. The molecule has 7 heteroatoms. The molecule has 4 nitrogen and oxygen atoms in total. The van der Waals surface area contributed by atoms with Gasteiger partial charge >= 0.3 is 0 Å². The molecule has 0 spiro atoms. The van der Waals surface area contributed by atoms with Crippen LogP contribution in [-0.2, 0) is 9.53 Å². The van der Waals surface area contributed by atoms with Crippen LogP contribution in [-0.4, -0.2) is 54.6 Å². The van der Waals surface area contributed by atoms with Crippen LogP contribution in [0.4, 0.5) is 4.39 Å². The van der Waals surface area contributed by atoms with Crippen molar-refractivity contribution in [3.05, 3.63) is 34.6 Å². The molecule has 0 bridgehead atoms. The third kappa shape index (κ3) is 4.38. The zero-order valence-corrected chi connectivity index (χ0v) is 14.3. The molecule has 2 aliphatic rings. The van der Waals surface area contributed by atoms with Crippen molar-refractivity contribution < 1.29 is 13.9 Å². The van der Waals surface area contributed by atoms with E-state index in [1.807, 2.05) is 16.7 Å². The molecule has 2 fully saturated rings. The molecule has 3 rings (SSSR count). The molecule has 2 atom stereocenters. The number of nitrogens with one attached hydrogen (secondary N) is 1. The van der Waals surface area contributed by atoms with Gasteiger partial charge in [-0.25, -0.2) is 4.39 Å². The van der Waals surface area contributed by atoms with Crippen molar-refractivity contribution in [1.29, 1.82) is 0 Å². The first-order valence-electron chi connectivity index (χ1n) is 7.79. The number of carbonyl (C=O) groups is 1. The quantitative estimate of drug-likeness (QED) is 0.901. The van der Waals surface area contributed by atoms with E-state index in [1.54, 1.807) is 12.1 Å². The number of rotatable bonds is 3. The number of halogens is 2. The van der Waals surface area contributed by atoms with Crippen molar-refractivity contribution in [3.8, 4) is 0 Å². The van der Waals surface area contributed by atoms with Crippen LogP contribution in [0, 0.1) is 5.82 Å². The number of amides is 1. The van der Waals surface area contributed by atoms with E-state index >= 15 is 0 Å². The Kier molecular flexibility index (Phi) is 5.80. The Balaban J connectivity index is 1.60. The molecule has 0 aliphatic carbocycles. The summed E-state index contributed by atoms with van der Waals surface area (Å²) >= 11 is 7.72. The topological polar surface area (TPSA) is 41.6 Å². The fourth-order valence-corrected chi connectivity index (χ4v) is 4.02. The second-order valence-electron chi connectivity index (χ2n) is 5.80. The molecule has 1 amide bonds. The maximum Gasteiger partial charge on any atom is 0.224 e.